The second-order valence-corrected chi connectivity index (χ2v) is 5.57. The lowest BCUT2D eigenvalue weighted by Gasteiger charge is -2.09. The molecule has 0 spiro atoms. The summed E-state index contributed by atoms with van der Waals surface area (Å²) in [5.41, 5.74) is 1.09. The summed E-state index contributed by atoms with van der Waals surface area (Å²) < 4.78 is 5.72. The SMILES string of the molecule is C[C@@H](NC(=O)/C=C/c1ccccc1[N+](=O)[O-])c1cc2ccccc2o1. The third-order valence-corrected chi connectivity index (χ3v) is 3.78. The summed E-state index contributed by atoms with van der Waals surface area (Å²) in [5.74, 6) is 0.291. The Bertz CT molecular complexity index is 926. The van der Waals surface area contributed by atoms with Gasteiger partial charge >= 0.3 is 0 Å². The number of nitrogens with one attached hydrogen (secondary N) is 1. The molecule has 0 saturated heterocycles. The van der Waals surface area contributed by atoms with Crippen LogP contribution in [0.25, 0.3) is 17.0 Å². The predicted octanol–water partition coefficient (Wildman–Crippen LogP) is 4.23. The minimum Gasteiger partial charge on any atom is -0.459 e. The van der Waals surface area contributed by atoms with Gasteiger partial charge in [0.1, 0.15) is 11.3 Å². The van der Waals surface area contributed by atoms with Gasteiger partial charge in [0, 0.05) is 17.5 Å². The Hall–Kier alpha value is -3.41. The number of para-hydroxylation sites is 2. The van der Waals surface area contributed by atoms with E-state index < -0.39 is 4.92 Å². The second kappa shape index (κ2) is 7.00. The van der Waals surface area contributed by atoms with Gasteiger partial charge in [0.25, 0.3) is 5.69 Å². The van der Waals surface area contributed by atoms with Crippen LogP contribution in [0, 0.1) is 10.1 Å². The molecule has 1 aromatic heterocycles. The number of rotatable bonds is 5. The Morgan fingerprint density at radius 2 is 1.92 bits per heavy atom. The average molecular weight is 336 g/mol. The van der Waals surface area contributed by atoms with Gasteiger partial charge < -0.3 is 9.73 Å². The van der Waals surface area contributed by atoms with E-state index in [2.05, 4.69) is 5.32 Å². The van der Waals surface area contributed by atoms with Crippen molar-refractivity contribution in [2.75, 3.05) is 0 Å². The summed E-state index contributed by atoms with van der Waals surface area (Å²) >= 11 is 0. The van der Waals surface area contributed by atoms with E-state index in [1.807, 2.05) is 37.3 Å². The first-order chi connectivity index (χ1) is 12.0. The molecular formula is C19H16N2O4. The minimum absolute atomic E-state index is 0.0446. The Labute approximate surface area is 143 Å². The van der Waals surface area contributed by atoms with E-state index in [1.54, 1.807) is 18.2 Å². The summed E-state index contributed by atoms with van der Waals surface area (Å²) in [6, 6.07) is 15.4. The number of carbonyl (C=O) groups excluding carboxylic acids is 1. The van der Waals surface area contributed by atoms with Gasteiger partial charge in [-0.25, -0.2) is 0 Å². The van der Waals surface area contributed by atoms with E-state index in [0.29, 0.717) is 11.3 Å². The van der Waals surface area contributed by atoms with Crippen LogP contribution in [0.15, 0.2) is 65.1 Å². The molecule has 0 bridgehead atoms. The van der Waals surface area contributed by atoms with Crippen LogP contribution in [0.5, 0.6) is 0 Å². The van der Waals surface area contributed by atoms with Gasteiger partial charge in [0.2, 0.25) is 5.91 Å². The molecule has 1 amide bonds. The van der Waals surface area contributed by atoms with Crippen LogP contribution in [0.4, 0.5) is 5.69 Å². The third-order valence-electron chi connectivity index (χ3n) is 3.78. The highest BCUT2D eigenvalue weighted by Gasteiger charge is 2.14. The fourth-order valence-electron chi connectivity index (χ4n) is 2.51. The molecule has 0 saturated carbocycles. The molecule has 0 fully saturated rings. The van der Waals surface area contributed by atoms with Crippen molar-refractivity contribution in [3.63, 3.8) is 0 Å². The normalized spacial score (nSPS) is 12.4. The number of amides is 1. The molecule has 6 heteroatoms. The molecular weight excluding hydrogens is 320 g/mol. The summed E-state index contributed by atoms with van der Waals surface area (Å²) in [6.45, 7) is 1.81. The number of furan rings is 1. The lowest BCUT2D eigenvalue weighted by molar-refractivity contribution is -0.385. The highest BCUT2D eigenvalue weighted by molar-refractivity contribution is 5.92. The second-order valence-electron chi connectivity index (χ2n) is 5.57. The van der Waals surface area contributed by atoms with Crippen LogP contribution in [0.1, 0.15) is 24.3 Å². The fraction of sp³-hybridized carbons (Fsp3) is 0.105. The van der Waals surface area contributed by atoms with Crippen molar-refractivity contribution < 1.29 is 14.1 Å². The third kappa shape index (κ3) is 3.74. The number of nitro benzene ring substituents is 1. The molecule has 1 heterocycles. The van der Waals surface area contributed by atoms with Gasteiger partial charge in [-0.2, -0.15) is 0 Å². The lowest BCUT2D eigenvalue weighted by Crippen LogP contribution is -2.24. The lowest BCUT2D eigenvalue weighted by atomic mass is 10.1. The van der Waals surface area contributed by atoms with Gasteiger partial charge in [-0.15, -0.1) is 0 Å². The first-order valence-corrected chi connectivity index (χ1v) is 7.75. The zero-order valence-electron chi connectivity index (χ0n) is 13.5. The van der Waals surface area contributed by atoms with E-state index in [1.165, 1.54) is 18.2 Å². The van der Waals surface area contributed by atoms with Gasteiger partial charge in [0.05, 0.1) is 16.5 Å². The van der Waals surface area contributed by atoms with E-state index >= 15 is 0 Å². The Balaban J connectivity index is 1.71. The molecule has 2 aromatic carbocycles. The zero-order chi connectivity index (χ0) is 17.8. The van der Waals surface area contributed by atoms with Crippen molar-refractivity contribution in [1.82, 2.24) is 5.32 Å². The summed E-state index contributed by atoms with van der Waals surface area (Å²) in [5, 5.41) is 14.7. The van der Waals surface area contributed by atoms with E-state index in [-0.39, 0.29) is 17.6 Å². The number of carbonyl (C=O) groups is 1. The van der Waals surface area contributed by atoms with Crippen LogP contribution >= 0.6 is 0 Å². The maximum absolute atomic E-state index is 12.1. The van der Waals surface area contributed by atoms with Crippen molar-refractivity contribution in [1.29, 1.82) is 0 Å². The fourth-order valence-corrected chi connectivity index (χ4v) is 2.51. The van der Waals surface area contributed by atoms with Crippen molar-refractivity contribution in [2.24, 2.45) is 0 Å². The maximum atomic E-state index is 12.1. The maximum Gasteiger partial charge on any atom is 0.276 e. The zero-order valence-corrected chi connectivity index (χ0v) is 13.5. The molecule has 0 aliphatic rings. The van der Waals surface area contributed by atoms with Crippen LogP contribution < -0.4 is 5.32 Å². The summed E-state index contributed by atoms with van der Waals surface area (Å²) in [6.07, 6.45) is 2.71. The standard InChI is InChI=1S/C19H16N2O4/c1-13(18-12-15-7-3-5-9-17(15)25-18)20-19(22)11-10-14-6-2-4-8-16(14)21(23)24/h2-13H,1H3,(H,20,22)/b11-10+/t13-/m1/s1. The van der Waals surface area contributed by atoms with Gasteiger partial charge in [-0.05, 0) is 31.2 Å². The van der Waals surface area contributed by atoms with Crippen LogP contribution in [0.3, 0.4) is 0 Å². The smallest absolute Gasteiger partial charge is 0.276 e. The summed E-state index contributed by atoms with van der Waals surface area (Å²) in [7, 11) is 0. The number of nitrogens with zero attached hydrogens (tertiary/aromatic N) is 1. The average Bonchev–Trinajstić information content (AvgIpc) is 3.04. The van der Waals surface area contributed by atoms with Crippen molar-refractivity contribution >= 4 is 28.6 Å². The number of nitro groups is 1. The van der Waals surface area contributed by atoms with Crippen molar-refractivity contribution in [3.05, 3.63) is 82.1 Å². The van der Waals surface area contributed by atoms with Gasteiger partial charge in [-0.1, -0.05) is 30.3 Å². The van der Waals surface area contributed by atoms with E-state index in [9.17, 15) is 14.9 Å². The number of hydrogen-bond donors (Lipinski definition) is 1. The number of hydrogen-bond acceptors (Lipinski definition) is 4. The molecule has 0 unspecified atom stereocenters. The minimum atomic E-state index is -0.478. The summed E-state index contributed by atoms with van der Waals surface area (Å²) in [4.78, 5) is 22.6. The van der Waals surface area contributed by atoms with E-state index in [0.717, 1.165) is 11.0 Å². The van der Waals surface area contributed by atoms with Gasteiger partial charge in [0.15, 0.2) is 0 Å². The molecule has 0 radical (unpaired) electrons. The molecule has 25 heavy (non-hydrogen) atoms. The van der Waals surface area contributed by atoms with Crippen LogP contribution in [0.2, 0.25) is 0 Å². The number of fused-ring (bicyclic) bond motifs is 1. The molecule has 3 rings (SSSR count). The molecule has 1 N–H and O–H groups in total. The topological polar surface area (TPSA) is 85.4 Å². The highest BCUT2D eigenvalue weighted by Crippen LogP contribution is 2.23. The molecule has 0 aliphatic heterocycles. The Kier molecular flexibility index (Phi) is 4.61. The van der Waals surface area contributed by atoms with Crippen LogP contribution in [-0.2, 0) is 4.79 Å². The molecule has 3 aromatic rings. The highest BCUT2D eigenvalue weighted by atomic mass is 16.6. The monoisotopic (exact) mass is 336 g/mol. The molecule has 126 valence electrons. The van der Waals surface area contributed by atoms with Gasteiger partial charge in [-0.3, -0.25) is 14.9 Å². The van der Waals surface area contributed by atoms with Crippen LogP contribution in [-0.4, -0.2) is 10.8 Å². The van der Waals surface area contributed by atoms with Crippen molar-refractivity contribution in [3.8, 4) is 0 Å². The Morgan fingerprint density at radius 3 is 2.68 bits per heavy atom. The molecule has 6 nitrogen and oxygen atoms in total. The molecule has 1 atom stereocenters. The first-order valence-electron chi connectivity index (χ1n) is 7.75. The molecule has 0 aliphatic carbocycles. The quantitative estimate of drug-likeness (QED) is 0.429. The largest absolute Gasteiger partial charge is 0.459 e. The van der Waals surface area contributed by atoms with E-state index in [4.69, 9.17) is 4.42 Å². The Morgan fingerprint density at radius 1 is 1.20 bits per heavy atom. The van der Waals surface area contributed by atoms with Crippen molar-refractivity contribution in [2.45, 2.75) is 13.0 Å². The number of benzene rings is 2. The first kappa shape index (κ1) is 16.4. The predicted molar refractivity (Wildman–Crippen MR) is 94.9 cm³/mol.